The molecule has 4 aliphatic rings. The molecule has 0 radical (unpaired) electrons. The first-order chi connectivity index (χ1) is 16.3. The molecule has 0 aliphatic heterocycles. The first kappa shape index (κ1) is 23.8. The van der Waals surface area contributed by atoms with Gasteiger partial charge in [-0.2, -0.15) is 0 Å². The van der Waals surface area contributed by atoms with Gasteiger partial charge < -0.3 is 10.1 Å². The molecule has 1 N–H and O–H groups in total. The topological polar surface area (TPSA) is 72.5 Å². The van der Waals surface area contributed by atoms with E-state index in [1.165, 1.54) is 5.57 Å². The van der Waals surface area contributed by atoms with Crippen molar-refractivity contribution < 1.29 is 19.1 Å². The Morgan fingerprint density at radius 3 is 2.74 bits per heavy atom. The van der Waals surface area contributed by atoms with E-state index in [0.717, 1.165) is 49.8 Å². The number of allylic oxidation sites excluding steroid dienone is 1. The highest BCUT2D eigenvalue weighted by Crippen LogP contribution is 2.65. The lowest BCUT2D eigenvalue weighted by Gasteiger charge is -2.57. The average molecular weight is 484 g/mol. The van der Waals surface area contributed by atoms with Gasteiger partial charge >= 0.3 is 5.97 Å². The van der Waals surface area contributed by atoms with Crippen LogP contribution in [0.3, 0.4) is 0 Å². The molecule has 0 saturated heterocycles. The van der Waals surface area contributed by atoms with E-state index in [9.17, 15) is 14.4 Å². The molecule has 3 fully saturated rings. The molecule has 3 saturated carbocycles. The number of rotatable bonds is 6. The van der Waals surface area contributed by atoms with Crippen molar-refractivity contribution in [1.29, 1.82) is 0 Å². The van der Waals surface area contributed by atoms with E-state index >= 15 is 0 Å². The zero-order valence-electron chi connectivity index (χ0n) is 20.4. The quantitative estimate of drug-likeness (QED) is 0.536. The number of nitrogens with one attached hydrogen (secondary N) is 1. The van der Waals surface area contributed by atoms with Gasteiger partial charge in [0.25, 0.3) is 0 Å². The van der Waals surface area contributed by atoms with Gasteiger partial charge in [-0.1, -0.05) is 25.5 Å². The van der Waals surface area contributed by atoms with E-state index in [4.69, 9.17) is 4.74 Å². The summed E-state index contributed by atoms with van der Waals surface area (Å²) in [6.07, 6.45) is 10.4. The summed E-state index contributed by atoms with van der Waals surface area (Å²) in [5.74, 6) is 1.83. The second kappa shape index (κ2) is 9.25. The molecule has 1 aromatic rings. The minimum Gasteiger partial charge on any atom is -0.462 e. The summed E-state index contributed by atoms with van der Waals surface area (Å²) in [6.45, 7) is 5.26. The van der Waals surface area contributed by atoms with Gasteiger partial charge in [0.1, 0.15) is 6.10 Å². The van der Waals surface area contributed by atoms with Gasteiger partial charge in [-0.3, -0.25) is 14.4 Å². The Balaban J connectivity index is 1.17. The Morgan fingerprint density at radius 1 is 1.09 bits per heavy atom. The molecule has 34 heavy (non-hydrogen) atoms. The molecule has 5 nitrogen and oxygen atoms in total. The van der Waals surface area contributed by atoms with Crippen molar-refractivity contribution in [1.82, 2.24) is 5.32 Å². The molecule has 1 amide bonds. The Morgan fingerprint density at radius 2 is 1.94 bits per heavy atom. The number of thiophene rings is 1. The Labute approximate surface area is 206 Å². The maximum absolute atomic E-state index is 12.7. The van der Waals surface area contributed by atoms with E-state index in [-0.39, 0.29) is 41.7 Å². The first-order valence-corrected chi connectivity index (χ1v) is 13.9. The van der Waals surface area contributed by atoms with Gasteiger partial charge in [-0.05, 0) is 85.6 Å². The van der Waals surface area contributed by atoms with Crippen LogP contribution in [0, 0.1) is 28.6 Å². The highest BCUT2D eigenvalue weighted by atomic mass is 32.1. The number of amides is 1. The van der Waals surface area contributed by atoms with Crippen LogP contribution in [0.4, 0.5) is 0 Å². The smallest absolute Gasteiger partial charge is 0.306 e. The SMILES string of the molecule is C[C@]12CC[C@@H]3[C@H](CCC4=CC(=O)CC[C@@]43C)[C@@H]1CC[C@@H]2OC(=O)CCC(=O)NCc1cccs1. The molecule has 4 aliphatic carbocycles. The largest absolute Gasteiger partial charge is 0.462 e. The van der Waals surface area contributed by atoms with E-state index in [1.54, 1.807) is 11.3 Å². The lowest BCUT2D eigenvalue weighted by molar-refractivity contribution is -0.160. The van der Waals surface area contributed by atoms with Gasteiger partial charge in [0.05, 0.1) is 13.0 Å². The number of hydrogen-bond donors (Lipinski definition) is 1. The third kappa shape index (κ3) is 4.27. The fourth-order valence-electron chi connectivity index (χ4n) is 7.83. The van der Waals surface area contributed by atoms with E-state index < -0.39 is 0 Å². The van der Waals surface area contributed by atoms with Crippen LogP contribution in [0.1, 0.15) is 82.9 Å². The molecular formula is C28H37NO4S. The van der Waals surface area contributed by atoms with Crippen molar-refractivity contribution in [2.24, 2.45) is 28.6 Å². The fourth-order valence-corrected chi connectivity index (χ4v) is 8.47. The van der Waals surface area contributed by atoms with Crippen molar-refractivity contribution in [2.75, 3.05) is 0 Å². The molecule has 0 aromatic carbocycles. The Kier molecular flexibility index (Phi) is 6.47. The predicted octanol–water partition coefficient (Wildman–Crippen LogP) is 5.59. The molecule has 1 aromatic heterocycles. The molecule has 6 atom stereocenters. The summed E-state index contributed by atoms with van der Waals surface area (Å²) in [5, 5.41) is 4.87. The highest BCUT2D eigenvalue weighted by Gasteiger charge is 2.59. The zero-order chi connectivity index (χ0) is 23.9. The summed E-state index contributed by atoms with van der Waals surface area (Å²) < 4.78 is 6.04. The van der Waals surface area contributed by atoms with E-state index in [1.807, 2.05) is 23.6 Å². The lowest BCUT2D eigenvalue weighted by atomic mass is 9.47. The van der Waals surface area contributed by atoms with Crippen LogP contribution in [-0.4, -0.2) is 23.8 Å². The van der Waals surface area contributed by atoms with Gasteiger partial charge in [0.15, 0.2) is 5.78 Å². The van der Waals surface area contributed by atoms with Crippen molar-refractivity contribution in [3.05, 3.63) is 34.0 Å². The molecule has 184 valence electrons. The third-order valence-corrected chi connectivity index (χ3v) is 10.6. The molecular weight excluding hydrogens is 446 g/mol. The second-order valence-electron chi connectivity index (χ2n) is 11.4. The van der Waals surface area contributed by atoms with Crippen molar-refractivity contribution in [3.8, 4) is 0 Å². The van der Waals surface area contributed by atoms with Crippen LogP contribution in [0.15, 0.2) is 29.2 Å². The number of fused-ring (bicyclic) bond motifs is 5. The van der Waals surface area contributed by atoms with Gasteiger partial charge in [0.2, 0.25) is 5.91 Å². The van der Waals surface area contributed by atoms with Crippen LogP contribution in [0.5, 0.6) is 0 Å². The van der Waals surface area contributed by atoms with Crippen molar-refractivity contribution in [3.63, 3.8) is 0 Å². The highest BCUT2D eigenvalue weighted by molar-refractivity contribution is 7.09. The maximum Gasteiger partial charge on any atom is 0.306 e. The zero-order valence-corrected chi connectivity index (χ0v) is 21.3. The number of esters is 1. The standard InChI is InChI=1S/C28H37NO4S/c1-27-13-11-19(30)16-18(27)5-6-21-22-7-8-24(28(22,2)14-12-23(21)27)33-26(32)10-9-25(31)29-17-20-4-3-15-34-20/h3-4,15-16,21-24H,5-14,17H2,1-2H3,(H,29,31)/t21-,22+,23-,24+,27+,28+/m1/s1. The summed E-state index contributed by atoms with van der Waals surface area (Å²) in [7, 11) is 0. The first-order valence-electron chi connectivity index (χ1n) is 13.0. The fraction of sp³-hybridized carbons (Fsp3) is 0.679. The van der Waals surface area contributed by atoms with Crippen molar-refractivity contribution >= 4 is 29.0 Å². The van der Waals surface area contributed by atoms with E-state index in [2.05, 4.69) is 19.2 Å². The molecule has 0 unspecified atom stereocenters. The maximum atomic E-state index is 12.7. The predicted molar refractivity (Wildman–Crippen MR) is 132 cm³/mol. The lowest BCUT2D eigenvalue weighted by Crippen LogP contribution is -2.51. The average Bonchev–Trinajstić information content (AvgIpc) is 3.45. The minimum atomic E-state index is -0.244. The number of carbonyl (C=O) groups excluding carboxylic acids is 3. The second-order valence-corrected chi connectivity index (χ2v) is 12.5. The molecule has 6 heteroatoms. The van der Waals surface area contributed by atoms with Crippen molar-refractivity contribution in [2.45, 2.75) is 90.7 Å². The van der Waals surface area contributed by atoms with Crippen LogP contribution >= 0.6 is 11.3 Å². The van der Waals surface area contributed by atoms with E-state index in [0.29, 0.717) is 36.5 Å². The molecule has 0 spiro atoms. The van der Waals surface area contributed by atoms with Gasteiger partial charge in [-0.15, -0.1) is 11.3 Å². The van der Waals surface area contributed by atoms with Crippen LogP contribution in [0.25, 0.3) is 0 Å². The summed E-state index contributed by atoms with van der Waals surface area (Å²) in [6, 6.07) is 3.95. The van der Waals surface area contributed by atoms with Crippen LogP contribution in [0.2, 0.25) is 0 Å². The number of ether oxygens (including phenoxy) is 1. The van der Waals surface area contributed by atoms with Gasteiger partial charge in [0, 0.05) is 23.1 Å². The molecule has 1 heterocycles. The summed E-state index contributed by atoms with van der Waals surface area (Å²) >= 11 is 1.61. The summed E-state index contributed by atoms with van der Waals surface area (Å²) in [5.41, 5.74) is 1.59. The normalized spacial score (nSPS) is 36.6. The number of hydrogen-bond acceptors (Lipinski definition) is 5. The monoisotopic (exact) mass is 483 g/mol. The number of carbonyl (C=O) groups is 3. The Hall–Kier alpha value is -1.95. The number of ketones is 1. The third-order valence-electron chi connectivity index (χ3n) is 9.74. The van der Waals surface area contributed by atoms with Crippen LogP contribution < -0.4 is 5.32 Å². The Bertz CT molecular complexity index is 985. The van der Waals surface area contributed by atoms with Crippen LogP contribution in [-0.2, 0) is 25.7 Å². The molecule has 5 rings (SSSR count). The summed E-state index contributed by atoms with van der Waals surface area (Å²) in [4.78, 5) is 38.0. The molecule has 0 bridgehead atoms. The minimum absolute atomic E-state index is 0.0281. The van der Waals surface area contributed by atoms with Gasteiger partial charge in [-0.25, -0.2) is 0 Å².